The Labute approximate surface area is 199 Å². The molecule has 0 bridgehead atoms. The number of hydrogen-bond donors (Lipinski definition) is 1. The Kier molecular flexibility index (Phi) is 6.26. The number of nitrogens with one attached hydrogen (secondary N) is 1. The molecular formula is C24H28N2O7S. The number of piperidine rings is 1. The number of ether oxygens (including phenoxy) is 4. The van der Waals surface area contributed by atoms with Gasteiger partial charge in [-0.05, 0) is 49.6 Å². The van der Waals surface area contributed by atoms with E-state index in [-0.39, 0.29) is 35.9 Å². The molecule has 5 rings (SSSR count). The van der Waals surface area contributed by atoms with Crippen LogP contribution in [0.5, 0.6) is 23.0 Å². The fraction of sp³-hybridized carbons (Fsp3) is 0.458. The first-order valence-electron chi connectivity index (χ1n) is 11.5. The standard InChI is InChI=1S/C24H28N2O7S/c1-16(18-2-4-20-22(14-18)32-12-10-30-20)25-24(27)17-6-8-26(9-7-17)34(28,29)19-3-5-21-23(15-19)33-13-11-31-21/h2-5,14-17H,6-13H2,1H3,(H,25,27)/t16-/m1/s1. The van der Waals surface area contributed by atoms with E-state index in [0.717, 1.165) is 5.56 Å². The highest BCUT2D eigenvalue weighted by Crippen LogP contribution is 2.35. The maximum absolute atomic E-state index is 13.1. The molecule has 34 heavy (non-hydrogen) atoms. The second-order valence-corrected chi connectivity index (χ2v) is 10.6. The molecule has 0 spiro atoms. The minimum absolute atomic E-state index is 0.0706. The zero-order valence-electron chi connectivity index (χ0n) is 19.0. The van der Waals surface area contributed by atoms with Gasteiger partial charge in [-0.1, -0.05) is 6.07 Å². The average molecular weight is 489 g/mol. The zero-order chi connectivity index (χ0) is 23.7. The number of rotatable bonds is 5. The molecule has 9 nitrogen and oxygen atoms in total. The molecule has 3 aliphatic rings. The summed E-state index contributed by atoms with van der Waals surface area (Å²) in [7, 11) is -3.68. The molecule has 182 valence electrons. The topological polar surface area (TPSA) is 103 Å². The summed E-state index contributed by atoms with van der Waals surface area (Å²) in [5, 5.41) is 3.06. The third-order valence-corrected chi connectivity index (χ3v) is 8.30. The van der Waals surface area contributed by atoms with Crippen LogP contribution in [-0.4, -0.2) is 58.1 Å². The Bertz CT molecular complexity index is 1180. The van der Waals surface area contributed by atoms with Crippen molar-refractivity contribution in [2.24, 2.45) is 5.92 Å². The van der Waals surface area contributed by atoms with Crippen LogP contribution in [0.25, 0.3) is 0 Å². The Morgan fingerprint density at radius 2 is 1.44 bits per heavy atom. The summed E-state index contributed by atoms with van der Waals surface area (Å²) >= 11 is 0. The first-order valence-corrected chi connectivity index (χ1v) is 13.0. The summed E-state index contributed by atoms with van der Waals surface area (Å²) in [5.41, 5.74) is 0.927. The Balaban J connectivity index is 1.19. The third-order valence-electron chi connectivity index (χ3n) is 6.40. The number of sulfonamides is 1. The highest BCUT2D eigenvalue weighted by atomic mass is 32.2. The molecule has 3 aliphatic heterocycles. The average Bonchev–Trinajstić information content (AvgIpc) is 2.88. The van der Waals surface area contributed by atoms with Gasteiger partial charge in [-0.3, -0.25) is 4.79 Å². The van der Waals surface area contributed by atoms with Gasteiger partial charge in [0.1, 0.15) is 26.4 Å². The van der Waals surface area contributed by atoms with Gasteiger partial charge in [0.2, 0.25) is 15.9 Å². The maximum Gasteiger partial charge on any atom is 0.243 e. The normalized spacial score (nSPS) is 19.3. The van der Waals surface area contributed by atoms with Crippen LogP contribution in [0.2, 0.25) is 0 Å². The molecule has 1 saturated heterocycles. The van der Waals surface area contributed by atoms with Crippen molar-refractivity contribution >= 4 is 15.9 Å². The summed E-state index contributed by atoms with van der Waals surface area (Å²) in [4.78, 5) is 13.1. The molecule has 1 N–H and O–H groups in total. The first-order chi connectivity index (χ1) is 16.4. The fourth-order valence-corrected chi connectivity index (χ4v) is 5.92. The van der Waals surface area contributed by atoms with Crippen molar-refractivity contribution in [1.82, 2.24) is 9.62 Å². The number of fused-ring (bicyclic) bond motifs is 2. The zero-order valence-corrected chi connectivity index (χ0v) is 19.8. The number of amides is 1. The second-order valence-electron chi connectivity index (χ2n) is 8.62. The highest BCUT2D eigenvalue weighted by Gasteiger charge is 2.33. The third kappa shape index (κ3) is 4.52. The van der Waals surface area contributed by atoms with Crippen LogP contribution in [0.3, 0.4) is 0 Å². The Morgan fingerprint density at radius 1 is 0.882 bits per heavy atom. The molecule has 0 unspecified atom stereocenters. The second kappa shape index (κ2) is 9.34. The van der Waals surface area contributed by atoms with Crippen LogP contribution in [0.15, 0.2) is 41.3 Å². The maximum atomic E-state index is 13.1. The molecule has 0 aromatic heterocycles. The molecule has 10 heteroatoms. The lowest BCUT2D eigenvalue weighted by molar-refractivity contribution is -0.126. The van der Waals surface area contributed by atoms with Crippen LogP contribution in [0.1, 0.15) is 31.4 Å². The minimum Gasteiger partial charge on any atom is -0.486 e. The van der Waals surface area contributed by atoms with E-state index in [2.05, 4.69) is 5.32 Å². The number of carbonyl (C=O) groups is 1. The fourth-order valence-electron chi connectivity index (χ4n) is 4.44. The molecular weight excluding hydrogens is 460 g/mol. The van der Waals surface area contributed by atoms with Gasteiger partial charge >= 0.3 is 0 Å². The minimum atomic E-state index is -3.68. The van der Waals surface area contributed by atoms with Crippen LogP contribution in [-0.2, 0) is 14.8 Å². The monoisotopic (exact) mass is 488 g/mol. The van der Waals surface area contributed by atoms with E-state index in [4.69, 9.17) is 18.9 Å². The van der Waals surface area contributed by atoms with Gasteiger partial charge in [0.05, 0.1) is 10.9 Å². The van der Waals surface area contributed by atoms with Gasteiger partial charge in [0, 0.05) is 25.1 Å². The molecule has 0 radical (unpaired) electrons. The number of hydrogen-bond acceptors (Lipinski definition) is 7. The van der Waals surface area contributed by atoms with Gasteiger partial charge in [-0.15, -0.1) is 0 Å². The van der Waals surface area contributed by atoms with Gasteiger partial charge in [0.15, 0.2) is 23.0 Å². The Hall–Kier alpha value is -2.98. The molecule has 2 aromatic carbocycles. The molecule has 1 fully saturated rings. The summed E-state index contributed by atoms with van der Waals surface area (Å²) in [6.45, 7) is 4.36. The van der Waals surface area contributed by atoms with Crippen LogP contribution in [0.4, 0.5) is 0 Å². The summed E-state index contributed by atoms with van der Waals surface area (Å²) in [5.74, 6) is 2.07. The van der Waals surface area contributed by atoms with Gasteiger partial charge in [0.25, 0.3) is 0 Å². The quantitative estimate of drug-likeness (QED) is 0.690. The van der Waals surface area contributed by atoms with Crippen molar-refractivity contribution in [3.05, 3.63) is 42.0 Å². The van der Waals surface area contributed by atoms with Crippen molar-refractivity contribution in [2.75, 3.05) is 39.5 Å². The molecule has 1 amide bonds. The van der Waals surface area contributed by atoms with E-state index < -0.39 is 10.0 Å². The predicted molar refractivity (Wildman–Crippen MR) is 123 cm³/mol. The van der Waals surface area contributed by atoms with E-state index in [9.17, 15) is 13.2 Å². The number of benzene rings is 2. The highest BCUT2D eigenvalue weighted by molar-refractivity contribution is 7.89. The van der Waals surface area contributed by atoms with Crippen molar-refractivity contribution in [3.63, 3.8) is 0 Å². The molecule has 3 heterocycles. The smallest absolute Gasteiger partial charge is 0.243 e. The lowest BCUT2D eigenvalue weighted by atomic mass is 9.96. The number of nitrogens with zero attached hydrogens (tertiary/aromatic N) is 1. The summed E-state index contributed by atoms with van der Waals surface area (Å²) < 4.78 is 49.9. The van der Waals surface area contributed by atoms with E-state index in [1.807, 2.05) is 25.1 Å². The first kappa shape index (κ1) is 22.8. The van der Waals surface area contributed by atoms with Crippen LogP contribution < -0.4 is 24.3 Å². The van der Waals surface area contributed by atoms with Gasteiger partial charge < -0.3 is 24.3 Å². The van der Waals surface area contributed by atoms with Crippen LogP contribution >= 0.6 is 0 Å². The van der Waals surface area contributed by atoms with E-state index in [1.54, 1.807) is 6.07 Å². The van der Waals surface area contributed by atoms with Crippen molar-refractivity contribution in [3.8, 4) is 23.0 Å². The summed E-state index contributed by atoms with van der Waals surface area (Å²) in [6.07, 6.45) is 0.924. The lowest BCUT2D eigenvalue weighted by Gasteiger charge is -2.31. The van der Waals surface area contributed by atoms with E-state index in [1.165, 1.54) is 16.4 Å². The number of carbonyl (C=O) groups excluding carboxylic acids is 1. The van der Waals surface area contributed by atoms with Crippen LogP contribution in [0, 0.1) is 5.92 Å². The van der Waals surface area contributed by atoms with Crippen molar-refractivity contribution in [2.45, 2.75) is 30.7 Å². The van der Waals surface area contributed by atoms with E-state index >= 15 is 0 Å². The molecule has 1 atom stereocenters. The van der Waals surface area contributed by atoms with Crippen molar-refractivity contribution in [1.29, 1.82) is 0 Å². The lowest BCUT2D eigenvalue weighted by Crippen LogP contribution is -2.43. The van der Waals surface area contributed by atoms with Gasteiger partial charge in [-0.25, -0.2) is 8.42 Å². The summed E-state index contributed by atoms with van der Waals surface area (Å²) in [6, 6.07) is 10.1. The molecule has 2 aromatic rings. The SMILES string of the molecule is C[C@@H](NC(=O)C1CCN(S(=O)(=O)c2ccc3c(c2)OCCO3)CC1)c1ccc2c(c1)OCCO2. The Morgan fingerprint density at radius 3 is 2.09 bits per heavy atom. The predicted octanol–water partition coefficient (Wildman–Crippen LogP) is 2.51. The molecule has 0 saturated carbocycles. The van der Waals surface area contributed by atoms with E-state index in [0.29, 0.717) is 62.3 Å². The largest absolute Gasteiger partial charge is 0.486 e. The van der Waals surface area contributed by atoms with Crippen molar-refractivity contribution < 1.29 is 32.2 Å². The molecule has 0 aliphatic carbocycles. The van der Waals surface area contributed by atoms with Gasteiger partial charge in [-0.2, -0.15) is 4.31 Å².